The van der Waals surface area contributed by atoms with Gasteiger partial charge in [0.25, 0.3) is 5.92 Å². The summed E-state index contributed by atoms with van der Waals surface area (Å²) in [4.78, 5) is 0. The molecule has 1 aromatic carbocycles. The van der Waals surface area contributed by atoms with E-state index in [2.05, 4.69) is 31.9 Å². The largest absolute Gasteiger partial charge is 0.259 e. The zero-order valence-corrected chi connectivity index (χ0v) is 10.4. The van der Waals surface area contributed by atoms with Crippen LogP contribution >= 0.6 is 31.9 Å². The summed E-state index contributed by atoms with van der Waals surface area (Å²) in [7, 11) is 0. The van der Waals surface area contributed by atoms with Gasteiger partial charge in [-0.3, -0.25) is 0 Å². The van der Waals surface area contributed by atoms with Gasteiger partial charge in [-0.25, -0.2) is 8.78 Å². The van der Waals surface area contributed by atoms with Gasteiger partial charge in [0.2, 0.25) is 0 Å². The van der Waals surface area contributed by atoms with Crippen LogP contribution in [0.25, 0.3) is 0 Å². The fourth-order valence-electron chi connectivity index (χ4n) is 1.71. The van der Waals surface area contributed by atoms with Crippen molar-refractivity contribution in [2.24, 2.45) is 5.92 Å². The Morgan fingerprint density at radius 3 is 2.21 bits per heavy atom. The summed E-state index contributed by atoms with van der Waals surface area (Å²) < 4.78 is 27.3. The van der Waals surface area contributed by atoms with Crippen molar-refractivity contribution in [3.05, 3.63) is 34.3 Å². The molecule has 0 spiro atoms. The van der Waals surface area contributed by atoms with Crippen molar-refractivity contribution in [2.45, 2.75) is 11.8 Å². The van der Waals surface area contributed by atoms with Crippen molar-refractivity contribution in [1.29, 1.82) is 0 Å². The average molecular weight is 326 g/mol. The van der Waals surface area contributed by atoms with Crippen LogP contribution in [-0.4, -0.2) is 11.3 Å². The number of alkyl halides is 3. The lowest BCUT2D eigenvalue weighted by Gasteiger charge is -1.98. The first-order valence-corrected chi connectivity index (χ1v) is 6.18. The number of benzene rings is 1. The highest BCUT2D eigenvalue weighted by Crippen LogP contribution is 2.62. The second-order valence-corrected chi connectivity index (χ2v) is 5.03. The number of rotatable bonds is 2. The molecule has 0 bridgehead atoms. The van der Waals surface area contributed by atoms with E-state index < -0.39 is 17.8 Å². The molecule has 2 atom stereocenters. The van der Waals surface area contributed by atoms with Crippen LogP contribution in [0.3, 0.4) is 0 Å². The van der Waals surface area contributed by atoms with Crippen LogP contribution in [-0.2, 0) is 0 Å². The first kappa shape index (κ1) is 10.6. The monoisotopic (exact) mass is 324 g/mol. The predicted molar refractivity (Wildman–Crippen MR) is 59.1 cm³/mol. The lowest BCUT2D eigenvalue weighted by atomic mass is 10.1. The second kappa shape index (κ2) is 3.56. The number of hydrogen-bond donors (Lipinski definition) is 0. The minimum Gasteiger partial charge on any atom is -0.206 e. The quantitative estimate of drug-likeness (QED) is 0.715. The average Bonchev–Trinajstić information content (AvgIpc) is 2.69. The van der Waals surface area contributed by atoms with Crippen LogP contribution in [0.2, 0.25) is 0 Å². The van der Waals surface area contributed by atoms with Crippen LogP contribution in [0.15, 0.2) is 28.7 Å². The summed E-state index contributed by atoms with van der Waals surface area (Å²) in [5, 5.41) is 0.362. The minimum atomic E-state index is -2.53. The lowest BCUT2D eigenvalue weighted by Crippen LogP contribution is -1.94. The molecular formula is C10H8Br2F2. The van der Waals surface area contributed by atoms with Crippen LogP contribution in [0, 0.1) is 5.92 Å². The normalized spacial score (nSPS) is 28.9. The molecule has 0 N–H and O–H groups in total. The fraction of sp³-hybridized carbons (Fsp3) is 0.400. The van der Waals surface area contributed by atoms with Crippen LogP contribution < -0.4 is 0 Å². The van der Waals surface area contributed by atoms with E-state index in [1.54, 1.807) is 24.3 Å². The standard InChI is InChI=1S/C10H8Br2F2/c11-5-8-9(10(8,13)14)6-1-3-7(12)4-2-6/h1-4,8-9H,5H2/t8-,9+/m1/s1. The Morgan fingerprint density at radius 2 is 1.79 bits per heavy atom. The molecule has 0 aromatic heterocycles. The van der Waals surface area contributed by atoms with Gasteiger partial charge in [-0.05, 0) is 17.7 Å². The predicted octanol–water partition coefficient (Wildman–Crippen LogP) is 4.19. The van der Waals surface area contributed by atoms with Crippen LogP contribution in [0.4, 0.5) is 8.78 Å². The van der Waals surface area contributed by atoms with Crippen LogP contribution in [0.1, 0.15) is 11.5 Å². The van der Waals surface area contributed by atoms with Crippen molar-refractivity contribution >= 4 is 31.9 Å². The zero-order chi connectivity index (χ0) is 10.3. The highest BCUT2D eigenvalue weighted by Gasteiger charge is 2.67. The van der Waals surface area contributed by atoms with E-state index in [1.807, 2.05) is 0 Å². The second-order valence-electron chi connectivity index (χ2n) is 3.46. The van der Waals surface area contributed by atoms with Crippen molar-refractivity contribution in [3.63, 3.8) is 0 Å². The molecule has 0 nitrogen and oxygen atoms in total. The van der Waals surface area contributed by atoms with Crippen molar-refractivity contribution in [3.8, 4) is 0 Å². The number of hydrogen-bond acceptors (Lipinski definition) is 0. The molecule has 1 saturated carbocycles. The fourth-order valence-corrected chi connectivity index (χ4v) is 2.78. The Kier molecular flexibility index (Phi) is 2.68. The molecule has 0 aliphatic heterocycles. The highest BCUT2D eigenvalue weighted by molar-refractivity contribution is 9.10. The molecule has 1 aromatic rings. The van der Waals surface area contributed by atoms with E-state index in [0.717, 1.165) is 10.0 Å². The highest BCUT2D eigenvalue weighted by atomic mass is 79.9. The Labute approximate surface area is 98.0 Å². The van der Waals surface area contributed by atoms with Gasteiger partial charge in [-0.2, -0.15) is 0 Å². The maximum Gasteiger partial charge on any atom is 0.259 e. The first-order valence-electron chi connectivity index (χ1n) is 4.26. The Balaban J connectivity index is 2.22. The van der Waals surface area contributed by atoms with E-state index in [1.165, 1.54) is 0 Å². The summed E-state index contributed by atoms with van der Waals surface area (Å²) in [6, 6.07) is 7.11. The van der Waals surface area contributed by atoms with E-state index >= 15 is 0 Å². The van der Waals surface area contributed by atoms with Gasteiger partial charge in [0, 0.05) is 15.7 Å². The summed E-state index contributed by atoms with van der Waals surface area (Å²) >= 11 is 6.39. The van der Waals surface area contributed by atoms with Gasteiger partial charge in [0.15, 0.2) is 0 Å². The Morgan fingerprint density at radius 1 is 1.21 bits per heavy atom. The molecule has 1 aliphatic rings. The first-order chi connectivity index (χ1) is 6.57. The van der Waals surface area contributed by atoms with E-state index in [9.17, 15) is 8.78 Å². The third-order valence-electron chi connectivity index (χ3n) is 2.60. The van der Waals surface area contributed by atoms with E-state index in [-0.39, 0.29) is 0 Å². The molecule has 4 heteroatoms. The van der Waals surface area contributed by atoms with E-state index in [4.69, 9.17) is 0 Å². The minimum absolute atomic E-state index is 0.362. The van der Waals surface area contributed by atoms with Gasteiger partial charge in [0.05, 0.1) is 5.92 Å². The van der Waals surface area contributed by atoms with Gasteiger partial charge < -0.3 is 0 Å². The third-order valence-corrected chi connectivity index (χ3v) is 3.82. The van der Waals surface area contributed by atoms with Crippen molar-refractivity contribution in [1.82, 2.24) is 0 Å². The van der Waals surface area contributed by atoms with Crippen molar-refractivity contribution < 1.29 is 8.78 Å². The van der Waals surface area contributed by atoms with Gasteiger partial charge in [-0.15, -0.1) is 0 Å². The molecule has 14 heavy (non-hydrogen) atoms. The smallest absolute Gasteiger partial charge is 0.206 e. The van der Waals surface area contributed by atoms with Crippen LogP contribution in [0.5, 0.6) is 0 Å². The lowest BCUT2D eigenvalue weighted by molar-refractivity contribution is 0.0973. The topological polar surface area (TPSA) is 0 Å². The maximum absolute atomic E-state index is 13.2. The Hall–Kier alpha value is 0.0400. The van der Waals surface area contributed by atoms with Gasteiger partial charge in [-0.1, -0.05) is 44.0 Å². The van der Waals surface area contributed by atoms with E-state index in [0.29, 0.717) is 5.33 Å². The molecule has 0 radical (unpaired) electrons. The summed E-state index contributed by atoms with van der Waals surface area (Å²) in [6.45, 7) is 0. The molecule has 76 valence electrons. The number of halogens is 4. The SMILES string of the molecule is FC1(F)[C@H](CBr)[C@@H]1c1ccc(Br)cc1. The molecule has 0 saturated heterocycles. The summed E-state index contributed by atoms with van der Waals surface area (Å²) in [5.41, 5.74) is 0.725. The molecule has 1 fully saturated rings. The molecule has 0 unspecified atom stereocenters. The van der Waals surface area contributed by atoms with Gasteiger partial charge in [0.1, 0.15) is 0 Å². The molecule has 2 rings (SSSR count). The molecule has 0 heterocycles. The van der Waals surface area contributed by atoms with Gasteiger partial charge >= 0.3 is 0 Å². The zero-order valence-electron chi connectivity index (χ0n) is 7.18. The maximum atomic E-state index is 13.2. The third kappa shape index (κ3) is 1.63. The summed E-state index contributed by atoms with van der Waals surface area (Å²) in [6.07, 6.45) is 0. The molecule has 0 amide bonds. The van der Waals surface area contributed by atoms with Crippen molar-refractivity contribution in [2.75, 3.05) is 5.33 Å². The Bertz CT molecular complexity index is 334. The summed E-state index contributed by atoms with van der Waals surface area (Å²) in [5.74, 6) is -3.67. The molecule has 1 aliphatic carbocycles. The molecular weight excluding hydrogens is 318 g/mol.